The van der Waals surface area contributed by atoms with Gasteiger partial charge in [-0.15, -0.1) is 0 Å². The monoisotopic (exact) mass is 603 g/mol. The van der Waals surface area contributed by atoms with Crippen LogP contribution in [0.5, 0.6) is 0 Å². The summed E-state index contributed by atoms with van der Waals surface area (Å²) >= 11 is 0. The first-order chi connectivity index (χ1) is 17.9. The maximum Gasteiger partial charge on any atom is 0.300 e. The number of hydrogen-bond acceptors (Lipinski definition) is 13. The minimum atomic E-state index is -5.51. The first-order valence-corrected chi connectivity index (χ1v) is 14.5. The Morgan fingerprint density at radius 1 is 0.675 bits per heavy atom. The van der Waals surface area contributed by atoms with Gasteiger partial charge in [0.05, 0.1) is 15.9 Å². The molecule has 40 heavy (non-hydrogen) atoms. The third-order valence-corrected chi connectivity index (χ3v) is 10.0. The minimum absolute atomic E-state index is 0.0259. The number of carbonyl (C=O) groups excluding carboxylic acids is 4. The van der Waals surface area contributed by atoms with Gasteiger partial charge in [0.25, 0.3) is 11.4 Å². The van der Waals surface area contributed by atoms with Crippen LogP contribution in [0.4, 0.5) is 11.4 Å². The highest BCUT2D eigenvalue weighted by Gasteiger charge is 2.68. The summed E-state index contributed by atoms with van der Waals surface area (Å²) in [7, 11) is -11.0. The van der Waals surface area contributed by atoms with Crippen LogP contribution < -0.4 is 10.3 Å². The van der Waals surface area contributed by atoms with Gasteiger partial charge < -0.3 is 0 Å². The number of Topliss-reactive ketones (excluding diaryl/α,β-unsaturated/α-hetero) is 4. The maximum absolute atomic E-state index is 13.4. The molecule has 1 aromatic heterocycles. The van der Waals surface area contributed by atoms with Crippen molar-refractivity contribution in [3.8, 4) is 0 Å². The molecule has 0 radical (unpaired) electrons. The number of rotatable bonds is 6. The van der Waals surface area contributed by atoms with E-state index in [9.17, 15) is 56.2 Å². The molecule has 1 heterocycles. The van der Waals surface area contributed by atoms with Gasteiger partial charge in [0.1, 0.15) is 0 Å². The number of primary sulfonamides is 2. The summed E-state index contributed by atoms with van der Waals surface area (Å²) in [6.45, 7) is 5.65. The van der Waals surface area contributed by atoms with E-state index < -0.39 is 122 Å². The summed E-state index contributed by atoms with van der Waals surface area (Å²) in [6.07, 6.45) is -2.75. The van der Waals surface area contributed by atoms with Crippen molar-refractivity contribution in [2.75, 3.05) is 0 Å². The molecule has 19 heteroatoms. The average Bonchev–Trinajstić information content (AvgIpc) is 2.69. The van der Waals surface area contributed by atoms with Gasteiger partial charge in [0, 0.05) is 25.7 Å². The summed E-state index contributed by atoms with van der Waals surface area (Å²) in [5, 5.41) is 34.7. The van der Waals surface area contributed by atoms with E-state index in [-0.39, 0.29) is 6.07 Å². The number of aromatic nitrogens is 1. The lowest BCUT2D eigenvalue weighted by Crippen LogP contribution is -2.60. The second-order valence-corrected chi connectivity index (χ2v) is 14.8. The third kappa shape index (κ3) is 4.32. The van der Waals surface area contributed by atoms with E-state index in [1.807, 2.05) is 0 Å². The predicted molar refractivity (Wildman–Crippen MR) is 133 cm³/mol. The van der Waals surface area contributed by atoms with Crippen LogP contribution in [0.2, 0.25) is 0 Å². The Kier molecular flexibility index (Phi) is 6.96. The average molecular weight is 604 g/mol. The van der Waals surface area contributed by atoms with Crippen LogP contribution in [-0.4, -0.2) is 54.8 Å². The highest BCUT2D eigenvalue weighted by Crippen LogP contribution is 2.51. The van der Waals surface area contributed by atoms with E-state index in [1.54, 1.807) is 0 Å². The van der Waals surface area contributed by atoms with Crippen LogP contribution in [0.25, 0.3) is 0 Å². The number of hydrogen-bond donors (Lipinski definition) is 2. The second-order valence-electron chi connectivity index (χ2n) is 11.4. The molecule has 218 valence electrons. The predicted octanol–water partition coefficient (Wildman–Crippen LogP) is -0.218. The molecule has 0 spiro atoms. The molecule has 2 aliphatic carbocycles. The summed E-state index contributed by atoms with van der Waals surface area (Å²) in [6, 6.07) is 0.0259. The smallest absolute Gasteiger partial charge is 0.297 e. The van der Waals surface area contributed by atoms with Crippen molar-refractivity contribution in [3.63, 3.8) is 0 Å². The van der Waals surface area contributed by atoms with E-state index >= 15 is 0 Å². The quantitative estimate of drug-likeness (QED) is 0.242. The molecule has 4 N–H and O–H groups in total. The van der Waals surface area contributed by atoms with Gasteiger partial charge in [-0.25, -0.2) is 32.1 Å². The Morgan fingerprint density at radius 2 is 0.925 bits per heavy atom. The molecule has 0 bridgehead atoms. The summed E-state index contributed by atoms with van der Waals surface area (Å²) in [5.74, 6) is -5.95. The number of ketones is 4. The SMILES string of the molecule is CC1(C)CC(=O)C(c2nc(C3(S(N)(=O)=O)C(=O)CC(C)(C)CC3=O)c([N+](=O)[O-])cc2[N+](=O)[O-])(S(N)(=O)=O)C(=O)C1. The van der Waals surface area contributed by atoms with Crippen molar-refractivity contribution in [3.05, 3.63) is 37.7 Å². The van der Waals surface area contributed by atoms with Gasteiger partial charge in [-0.2, -0.15) is 0 Å². The van der Waals surface area contributed by atoms with Crippen molar-refractivity contribution in [1.29, 1.82) is 0 Å². The molecule has 0 atom stereocenters. The fraction of sp³-hybridized carbons (Fsp3) is 0.571. The molecule has 0 saturated heterocycles. The summed E-state index contributed by atoms with van der Waals surface area (Å²) in [5.41, 5.74) is -8.59. The van der Waals surface area contributed by atoms with Gasteiger partial charge in [0.15, 0.2) is 34.5 Å². The van der Waals surface area contributed by atoms with Gasteiger partial charge in [0.2, 0.25) is 29.5 Å². The largest absolute Gasteiger partial charge is 0.300 e. The molecule has 3 rings (SSSR count). The fourth-order valence-corrected chi connectivity index (χ4v) is 7.79. The minimum Gasteiger partial charge on any atom is -0.297 e. The first-order valence-electron chi connectivity index (χ1n) is 11.4. The van der Waals surface area contributed by atoms with Crippen molar-refractivity contribution < 1.29 is 45.9 Å². The molecule has 2 saturated carbocycles. The van der Waals surface area contributed by atoms with Crippen LogP contribution >= 0.6 is 0 Å². The first kappa shape index (κ1) is 31.0. The topological polar surface area (TPSA) is 288 Å². The zero-order valence-electron chi connectivity index (χ0n) is 21.6. The molecule has 1 aromatic rings. The molecule has 17 nitrogen and oxygen atoms in total. The van der Waals surface area contributed by atoms with Crippen LogP contribution in [0.15, 0.2) is 6.07 Å². The maximum atomic E-state index is 13.4. The Hall–Kier alpha value is -3.55. The number of pyridine rings is 1. The molecule has 2 aliphatic rings. The lowest BCUT2D eigenvalue weighted by molar-refractivity contribution is -0.395. The summed E-state index contributed by atoms with van der Waals surface area (Å²) in [4.78, 5) is 78.5. The normalized spacial score (nSPS) is 22.1. The standard InChI is InChI=1S/C21H25N5O12S2/c1-18(2)6-12(27)20(13(28)7-18,39(22,35)36)16-10(25(31)32)5-11(26(33)34)17(24-16)21(40(23,37)38)14(29)8-19(3,4)9-15(21)30/h5H,6-9H2,1-4H3,(H2,22,35,36)(H2,23,37,38). The van der Waals surface area contributed by atoms with Crippen molar-refractivity contribution in [1.82, 2.24) is 4.98 Å². The number of nitrogens with two attached hydrogens (primary N) is 2. The number of sulfonamides is 2. The van der Waals surface area contributed by atoms with Crippen LogP contribution in [-0.2, 0) is 48.7 Å². The number of carbonyl (C=O) groups is 4. The van der Waals surface area contributed by atoms with E-state index in [0.717, 1.165) is 0 Å². The van der Waals surface area contributed by atoms with Crippen LogP contribution in [0.3, 0.4) is 0 Å². The lowest BCUT2D eigenvalue weighted by Gasteiger charge is -2.40. The zero-order chi connectivity index (χ0) is 31.0. The Bertz CT molecular complexity index is 1490. The Balaban J connectivity index is 2.67. The van der Waals surface area contributed by atoms with E-state index in [4.69, 9.17) is 10.3 Å². The second kappa shape index (κ2) is 8.98. The zero-order valence-corrected chi connectivity index (χ0v) is 23.3. The molecule has 0 unspecified atom stereocenters. The number of nitro groups is 2. The van der Waals surface area contributed by atoms with E-state index in [1.165, 1.54) is 27.7 Å². The van der Waals surface area contributed by atoms with Crippen LogP contribution in [0.1, 0.15) is 64.8 Å². The highest BCUT2D eigenvalue weighted by molar-refractivity contribution is 7.92. The van der Waals surface area contributed by atoms with Gasteiger partial charge in [-0.1, -0.05) is 27.7 Å². The van der Waals surface area contributed by atoms with Crippen molar-refractivity contribution in [2.24, 2.45) is 21.1 Å². The molecule has 0 aromatic carbocycles. The highest BCUT2D eigenvalue weighted by atomic mass is 32.2. The van der Waals surface area contributed by atoms with Crippen LogP contribution in [0, 0.1) is 31.1 Å². The van der Waals surface area contributed by atoms with Gasteiger partial charge in [-0.3, -0.25) is 39.4 Å². The van der Waals surface area contributed by atoms with E-state index in [0.29, 0.717) is 0 Å². The molecule has 2 fully saturated rings. The van der Waals surface area contributed by atoms with Gasteiger partial charge in [-0.05, 0) is 10.8 Å². The molecular weight excluding hydrogens is 578 g/mol. The third-order valence-electron chi connectivity index (χ3n) is 7.02. The van der Waals surface area contributed by atoms with Gasteiger partial charge >= 0.3 is 0 Å². The fourth-order valence-electron chi connectivity index (χ4n) is 5.39. The Morgan fingerprint density at radius 3 is 1.12 bits per heavy atom. The van der Waals surface area contributed by atoms with Crippen molar-refractivity contribution in [2.45, 2.75) is 62.9 Å². The molecule has 0 amide bonds. The Labute approximate surface area is 227 Å². The van der Waals surface area contributed by atoms with E-state index in [2.05, 4.69) is 4.98 Å². The lowest BCUT2D eigenvalue weighted by atomic mass is 9.68. The molecular formula is C21H25N5O12S2. The van der Waals surface area contributed by atoms with Crippen molar-refractivity contribution >= 4 is 54.6 Å². The molecule has 0 aliphatic heterocycles. The number of nitrogens with zero attached hydrogens (tertiary/aromatic N) is 3. The summed E-state index contributed by atoms with van der Waals surface area (Å²) < 4.78 is 44.7.